The smallest absolute Gasteiger partial charge is 0.0912 e. The van der Waals surface area contributed by atoms with Crippen LogP contribution in [0.5, 0.6) is 0 Å². The largest absolute Gasteiger partial charge is 0.362 e. The normalized spacial score (nSPS) is 13.4. The van der Waals surface area contributed by atoms with Gasteiger partial charge in [0.25, 0.3) is 0 Å². The standard InChI is InChI=1S/C24H26N3P/c1-25-17-18-27(19-25)20-26(2)23-15-9-10-16-24(23)28(21-11-5-3-6-12-21)22-13-7-4-8-14-22/h3-18H,19-20H2,1-2H3. The van der Waals surface area contributed by atoms with Crippen LogP contribution in [-0.4, -0.2) is 37.2 Å². The molecule has 0 bridgehead atoms. The molecule has 0 N–H and O–H groups in total. The highest BCUT2D eigenvalue weighted by Gasteiger charge is 2.21. The Kier molecular flexibility index (Phi) is 5.64. The van der Waals surface area contributed by atoms with Gasteiger partial charge in [0.15, 0.2) is 0 Å². The molecule has 0 aliphatic carbocycles. The summed E-state index contributed by atoms with van der Waals surface area (Å²) < 4.78 is 0. The first kappa shape index (κ1) is 18.6. The van der Waals surface area contributed by atoms with E-state index in [0.717, 1.165) is 13.3 Å². The number of benzene rings is 3. The maximum atomic E-state index is 2.36. The van der Waals surface area contributed by atoms with Crippen molar-refractivity contribution in [1.29, 1.82) is 0 Å². The first-order chi connectivity index (χ1) is 13.7. The molecule has 0 unspecified atom stereocenters. The molecule has 0 fully saturated rings. The van der Waals surface area contributed by atoms with Gasteiger partial charge in [-0.15, -0.1) is 0 Å². The maximum absolute atomic E-state index is 2.36. The van der Waals surface area contributed by atoms with Crippen LogP contribution in [-0.2, 0) is 0 Å². The minimum Gasteiger partial charge on any atom is -0.362 e. The summed E-state index contributed by atoms with van der Waals surface area (Å²) in [5.41, 5.74) is 1.30. The summed E-state index contributed by atoms with van der Waals surface area (Å²) in [5, 5.41) is 4.16. The van der Waals surface area contributed by atoms with E-state index in [0.29, 0.717) is 0 Å². The van der Waals surface area contributed by atoms with Crippen LogP contribution >= 0.6 is 7.92 Å². The third-order valence-electron chi connectivity index (χ3n) is 4.89. The molecule has 0 radical (unpaired) electrons. The highest BCUT2D eigenvalue weighted by atomic mass is 31.1. The molecule has 4 rings (SSSR count). The van der Waals surface area contributed by atoms with Crippen molar-refractivity contribution in [3.63, 3.8) is 0 Å². The molecule has 142 valence electrons. The van der Waals surface area contributed by atoms with Gasteiger partial charge in [0, 0.05) is 37.5 Å². The third-order valence-corrected chi connectivity index (χ3v) is 7.38. The number of para-hydroxylation sites is 1. The molecular weight excluding hydrogens is 361 g/mol. The van der Waals surface area contributed by atoms with E-state index in [2.05, 4.69) is 126 Å². The molecule has 3 aromatic rings. The zero-order valence-electron chi connectivity index (χ0n) is 16.4. The van der Waals surface area contributed by atoms with Gasteiger partial charge in [-0.25, -0.2) is 0 Å². The summed E-state index contributed by atoms with van der Waals surface area (Å²) in [6.07, 6.45) is 4.29. The highest BCUT2D eigenvalue weighted by molar-refractivity contribution is 7.80. The fourth-order valence-corrected chi connectivity index (χ4v) is 6.09. The molecule has 1 aliphatic heterocycles. The molecule has 1 heterocycles. The van der Waals surface area contributed by atoms with Crippen molar-refractivity contribution in [3.05, 3.63) is 97.3 Å². The van der Waals surface area contributed by atoms with E-state index < -0.39 is 7.92 Å². The third kappa shape index (κ3) is 4.05. The summed E-state index contributed by atoms with van der Waals surface area (Å²) in [6.45, 7) is 1.79. The van der Waals surface area contributed by atoms with Gasteiger partial charge in [0.2, 0.25) is 0 Å². The van der Waals surface area contributed by atoms with E-state index in [4.69, 9.17) is 0 Å². The van der Waals surface area contributed by atoms with Crippen molar-refractivity contribution < 1.29 is 0 Å². The second-order valence-corrected chi connectivity index (χ2v) is 9.31. The van der Waals surface area contributed by atoms with Crippen LogP contribution in [0, 0.1) is 0 Å². The lowest BCUT2D eigenvalue weighted by atomic mass is 10.3. The molecular formula is C24H26N3P. The zero-order valence-corrected chi connectivity index (χ0v) is 17.3. The Morgan fingerprint density at radius 2 is 1.36 bits per heavy atom. The molecule has 3 aromatic carbocycles. The van der Waals surface area contributed by atoms with Crippen LogP contribution in [0.4, 0.5) is 5.69 Å². The van der Waals surface area contributed by atoms with Crippen molar-refractivity contribution in [2.45, 2.75) is 0 Å². The second kappa shape index (κ2) is 8.50. The maximum Gasteiger partial charge on any atom is 0.0912 e. The number of hydrogen-bond acceptors (Lipinski definition) is 3. The molecule has 0 saturated heterocycles. The average molecular weight is 387 g/mol. The lowest BCUT2D eigenvalue weighted by Crippen LogP contribution is -2.36. The predicted molar refractivity (Wildman–Crippen MR) is 122 cm³/mol. The molecule has 4 heteroatoms. The summed E-state index contributed by atoms with van der Waals surface area (Å²) >= 11 is 0. The van der Waals surface area contributed by atoms with Crippen LogP contribution in [0.3, 0.4) is 0 Å². The van der Waals surface area contributed by atoms with Crippen molar-refractivity contribution >= 4 is 29.5 Å². The fraction of sp³-hybridized carbons (Fsp3) is 0.167. The minimum atomic E-state index is -0.615. The van der Waals surface area contributed by atoms with Gasteiger partial charge < -0.3 is 14.7 Å². The van der Waals surface area contributed by atoms with Gasteiger partial charge in [-0.05, 0) is 24.6 Å². The lowest BCUT2D eigenvalue weighted by Gasteiger charge is -2.30. The van der Waals surface area contributed by atoms with Gasteiger partial charge in [-0.3, -0.25) is 0 Å². The summed E-state index contributed by atoms with van der Waals surface area (Å²) in [7, 11) is 3.68. The molecule has 0 saturated carbocycles. The molecule has 1 aliphatic rings. The summed E-state index contributed by atoms with van der Waals surface area (Å²) in [4.78, 5) is 6.88. The van der Waals surface area contributed by atoms with E-state index in [1.54, 1.807) is 0 Å². The number of hydrogen-bond donors (Lipinski definition) is 0. The van der Waals surface area contributed by atoms with Crippen LogP contribution in [0.15, 0.2) is 97.3 Å². The Morgan fingerprint density at radius 3 is 1.93 bits per heavy atom. The van der Waals surface area contributed by atoms with Crippen molar-refractivity contribution in [3.8, 4) is 0 Å². The SMILES string of the molecule is CN1C=CN(CN(C)c2ccccc2P(c2ccccc2)c2ccccc2)C1. The number of rotatable bonds is 6. The number of anilines is 1. The second-order valence-electron chi connectivity index (χ2n) is 7.12. The Balaban J connectivity index is 1.72. The number of nitrogens with zero attached hydrogens (tertiary/aromatic N) is 3. The van der Waals surface area contributed by atoms with Crippen LogP contribution in [0.1, 0.15) is 0 Å². The van der Waals surface area contributed by atoms with Gasteiger partial charge in [-0.1, -0.05) is 78.9 Å². The molecule has 0 aromatic heterocycles. The predicted octanol–water partition coefficient (Wildman–Crippen LogP) is 3.51. The van der Waals surface area contributed by atoms with Gasteiger partial charge >= 0.3 is 0 Å². The van der Waals surface area contributed by atoms with Crippen LogP contribution < -0.4 is 20.8 Å². The van der Waals surface area contributed by atoms with E-state index in [9.17, 15) is 0 Å². The van der Waals surface area contributed by atoms with Crippen molar-refractivity contribution in [1.82, 2.24) is 9.80 Å². The van der Waals surface area contributed by atoms with Gasteiger partial charge in [0.1, 0.15) is 0 Å². The average Bonchev–Trinajstić information content (AvgIpc) is 3.15. The van der Waals surface area contributed by atoms with E-state index in [-0.39, 0.29) is 0 Å². The zero-order chi connectivity index (χ0) is 19.3. The first-order valence-corrected chi connectivity index (χ1v) is 10.9. The van der Waals surface area contributed by atoms with Gasteiger partial charge in [0.05, 0.1) is 13.3 Å². The Hall–Kier alpha value is -2.77. The van der Waals surface area contributed by atoms with Crippen molar-refractivity contribution in [2.24, 2.45) is 0 Å². The molecule has 0 spiro atoms. The summed E-state index contributed by atoms with van der Waals surface area (Å²) in [5.74, 6) is 0. The fourth-order valence-electron chi connectivity index (χ4n) is 3.59. The van der Waals surface area contributed by atoms with Crippen LogP contribution in [0.25, 0.3) is 0 Å². The monoisotopic (exact) mass is 387 g/mol. The quantitative estimate of drug-likeness (QED) is 0.600. The molecule has 3 nitrogen and oxygen atoms in total. The highest BCUT2D eigenvalue weighted by Crippen LogP contribution is 2.36. The van der Waals surface area contributed by atoms with E-state index >= 15 is 0 Å². The topological polar surface area (TPSA) is 9.72 Å². The van der Waals surface area contributed by atoms with Crippen molar-refractivity contribution in [2.75, 3.05) is 32.3 Å². The summed E-state index contributed by atoms with van der Waals surface area (Å²) in [6, 6.07) is 30.6. The molecule has 0 amide bonds. The van der Waals surface area contributed by atoms with Crippen LogP contribution in [0.2, 0.25) is 0 Å². The van der Waals surface area contributed by atoms with E-state index in [1.807, 2.05) is 0 Å². The van der Waals surface area contributed by atoms with E-state index in [1.165, 1.54) is 21.6 Å². The molecule has 0 atom stereocenters. The Bertz CT molecular complexity index is 887. The Labute approximate surface area is 169 Å². The first-order valence-electron chi connectivity index (χ1n) is 9.55. The molecule has 28 heavy (non-hydrogen) atoms. The lowest BCUT2D eigenvalue weighted by molar-refractivity contribution is 0.299. The van der Waals surface area contributed by atoms with Gasteiger partial charge in [-0.2, -0.15) is 0 Å². The Morgan fingerprint density at radius 1 is 0.786 bits per heavy atom. The minimum absolute atomic E-state index is 0.615.